The van der Waals surface area contributed by atoms with Gasteiger partial charge in [0.2, 0.25) is 5.91 Å². The van der Waals surface area contributed by atoms with Gasteiger partial charge in [-0.25, -0.2) is 4.98 Å². The van der Waals surface area contributed by atoms with Gasteiger partial charge in [0.25, 0.3) is 5.56 Å². The van der Waals surface area contributed by atoms with Crippen molar-refractivity contribution < 1.29 is 9.90 Å². The van der Waals surface area contributed by atoms with Crippen LogP contribution >= 0.6 is 11.8 Å². The number of thioether (sulfide) groups is 1. The van der Waals surface area contributed by atoms with Crippen molar-refractivity contribution in [3.05, 3.63) is 70.5 Å². The molecule has 3 rings (SSSR count). The SMILES string of the molecule is C[C@@H](NC(=O)CSc1nc2ccccc2c(=O)n1CCCO)c1ccccc1. The zero-order chi connectivity index (χ0) is 19.9. The summed E-state index contributed by atoms with van der Waals surface area (Å²) in [6, 6.07) is 16.8. The molecule has 7 heteroatoms. The molecule has 0 aliphatic carbocycles. The maximum absolute atomic E-state index is 12.8. The highest BCUT2D eigenvalue weighted by Gasteiger charge is 2.14. The molecule has 3 aromatic rings. The molecule has 0 spiro atoms. The lowest BCUT2D eigenvalue weighted by molar-refractivity contribution is -0.119. The largest absolute Gasteiger partial charge is 0.396 e. The van der Waals surface area contributed by atoms with Crippen LogP contribution in [0.25, 0.3) is 10.9 Å². The molecule has 2 aromatic carbocycles. The van der Waals surface area contributed by atoms with Gasteiger partial charge in [-0.15, -0.1) is 0 Å². The Kier molecular flexibility index (Phi) is 6.84. The summed E-state index contributed by atoms with van der Waals surface area (Å²) < 4.78 is 1.54. The van der Waals surface area contributed by atoms with Gasteiger partial charge < -0.3 is 10.4 Å². The summed E-state index contributed by atoms with van der Waals surface area (Å²) >= 11 is 1.23. The summed E-state index contributed by atoms with van der Waals surface area (Å²) in [6.07, 6.45) is 0.449. The predicted molar refractivity (Wildman–Crippen MR) is 111 cm³/mol. The summed E-state index contributed by atoms with van der Waals surface area (Å²) in [7, 11) is 0. The third-order valence-electron chi connectivity index (χ3n) is 4.38. The number of fused-ring (bicyclic) bond motifs is 1. The van der Waals surface area contributed by atoms with Crippen LogP contribution < -0.4 is 10.9 Å². The highest BCUT2D eigenvalue weighted by Crippen LogP contribution is 2.19. The maximum Gasteiger partial charge on any atom is 0.262 e. The second kappa shape index (κ2) is 9.52. The van der Waals surface area contributed by atoms with Crippen molar-refractivity contribution in [2.24, 2.45) is 0 Å². The van der Waals surface area contributed by atoms with Gasteiger partial charge in [0.1, 0.15) is 0 Å². The zero-order valence-electron chi connectivity index (χ0n) is 15.7. The van der Waals surface area contributed by atoms with Gasteiger partial charge in [-0.1, -0.05) is 54.2 Å². The summed E-state index contributed by atoms with van der Waals surface area (Å²) in [5, 5.41) is 13.1. The molecule has 1 aromatic heterocycles. The van der Waals surface area contributed by atoms with Crippen molar-refractivity contribution in [1.29, 1.82) is 0 Å². The van der Waals surface area contributed by atoms with E-state index in [0.717, 1.165) is 5.56 Å². The molecule has 0 aliphatic heterocycles. The van der Waals surface area contributed by atoms with Crippen LogP contribution in [0, 0.1) is 0 Å². The topological polar surface area (TPSA) is 84.2 Å². The fraction of sp³-hybridized carbons (Fsp3) is 0.286. The second-order valence-corrected chi connectivity index (χ2v) is 7.38. The number of aliphatic hydroxyl groups excluding tert-OH is 1. The third kappa shape index (κ3) is 4.79. The van der Waals surface area contributed by atoms with E-state index in [0.29, 0.717) is 29.0 Å². The molecule has 0 fully saturated rings. The van der Waals surface area contributed by atoms with Gasteiger partial charge in [0, 0.05) is 13.2 Å². The molecular weight excluding hydrogens is 374 g/mol. The number of nitrogens with zero attached hydrogens (tertiary/aromatic N) is 2. The number of aromatic nitrogens is 2. The second-order valence-electron chi connectivity index (χ2n) is 6.43. The van der Waals surface area contributed by atoms with Crippen molar-refractivity contribution >= 4 is 28.6 Å². The number of carbonyl (C=O) groups is 1. The van der Waals surface area contributed by atoms with Gasteiger partial charge in [0.15, 0.2) is 5.16 Å². The number of benzene rings is 2. The van der Waals surface area contributed by atoms with Crippen LogP contribution in [0.5, 0.6) is 0 Å². The first-order valence-electron chi connectivity index (χ1n) is 9.17. The fourth-order valence-corrected chi connectivity index (χ4v) is 3.76. The first-order valence-corrected chi connectivity index (χ1v) is 10.2. The lowest BCUT2D eigenvalue weighted by Gasteiger charge is -2.15. The smallest absolute Gasteiger partial charge is 0.262 e. The number of nitrogens with one attached hydrogen (secondary N) is 1. The van der Waals surface area contributed by atoms with Crippen molar-refractivity contribution in [3.63, 3.8) is 0 Å². The molecule has 1 atom stereocenters. The van der Waals surface area contributed by atoms with Crippen molar-refractivity contribution in [1.82, 2.24) is 14.9 Å². The standard InChI is InChI=1S/C21H23N3O3S/c1-15(16-8-3-2-4-9-16)22-19(26)14-28-21-23-18-11-6-5-10-17(18)20(27)24(21)12-7-13-25/h2-6,8-11,15,25H,7,12-14H2,1H3,(H,22,26)/t15-/m1/s1. The Balaban J connectivity index is 1.75. The lowest BCUT2D eigenvalue weighted by Crippen LogP contribution is -2.29. The van der Waals surface area contributed by atoms with E-state index >= 15 is 0 Å². The first-order chi connectivity index (χ1) is 13.6. The molecule has 2 N–H and O–H groups in total. The quantitative estimate of drug-likeness (QED) is 0.451. The number of hydrogen-bond acceptors (Lipinski definition) is 5. The number of hydrogen-bond donors (Lipinski definition) is 2. The fourth-order valence-electron chi connectivity index (χ4n) is 2.92. The number of para-hydroxylation sites is 1. The molecule has 0 saturated carbocycles. The van der Waals surface area contributed by atoms with Crippen LogP contribution in [0.4, 0.5) is 0 Å². The average molecular weight is 398 g/mol. The van der Waals surface area contributed by atoms with Gasteiger partial charge in [-0.05, 0) is 31.0 Å². The number of carbonyl (C=O) groups excluding carboxylic acids is 1. The average Bonchev–Trinajstić information content (AvgIpc) is 2.72. The molecule has 146 valence electrons. The number of aliphatic hydroxyl groups is 1. The highest BCUT2D eigenvalue weighted by atomic mass is 32.2. The Hall–Kier alpha value is -2.64. The normalized spacial score (nSPS) is 12.1. The number of amides is 1. The highest BCUT2D eigenvalue weighted by molar-refractivity contribution is 7.99. The monoisotopic (exact) mass is 397 g/mol. The van der Waals surface area contributed by atoms with Gasteiger partial charge in [0.05, 0.1) is 22.7 Å². The predicted octanol–water partition coefficient (Wildman–Crippen LogP) is 2.75. The van der Waals surface area contributed by atoms with Crippen LogP contribution in [0.15, 0.2) is 64.5 Å². The zero-order valence-corrected chi connectivity index (χ0v) is 16.5. The molecular formula is C21H23N3O3S. The van der Waals surface area contributed by atoms with E-state index in [1.807, 2.05) is 43.3 Å². The van der Waals surface area contributed by atoms with Crippen LogP contribution in [-0.2, 0) is 11.3 Å². The molecule has 1 heterocycles. The number of rotatable bonds is 8. The van der Waals surface area contributed by atoms with Crippen molar-refractivity contribution in [2.45, 2.75) is 31.1 Å². The van der Waals surface area contributed by atoms with E-state index in [1.54, 1.807) is 18.2 Å². The molecule has 0 radical (unpaired) electrons. The molecule has 0 saturated heterocycles. The van der Waals surface area contributed by atoms with Gasteiger partial charge in [-0.3, -0.25) is 14.2 Å². The third-order valence-corrected chi connectivity index (χ3v) is 5.35. The van der Waals surface area contributed by atoms with E-state index in [-0.39, 0.29) is 29.9 Å². The summed E-state index contributed by atoms with van der Waals surface area (Å²) in [4.78, 5) is 29.7. The Morgan fingerprint density at radius 2 is 1.89 bits per heavy atom. The van der Waals surface area contributed by atoms with E-state index < -0.39 is 0 Å². The van der Waals surface area contributed by atoms with Crippen LogP contribution in [0.3, 0.4) is 0 Å². The van der Waals surface area contributed by atoms with E-state index in [9.17, 15) is 9.59 Å². The van der Waals surface area contributed by atoms with E-state index in [1.165, 1.54) is 16.3 Å². The van der Waals surface area contributed by atoms with E-state index in [4.69, 9.17) is 5.11 Å². The molecule has 0 bridgehead atoms. The molecule has 0 unspecified atom stereocenters. The molecule has 0 aliphatic rings. The Bertz CT molecular complexity index is 1000. The lowest BCUT2D eigenvalue weighted by atomic mass is 10.1. The minimum atomic E-state index is -0.153. The summed E-state index contributed by atoms with van der Waals surface area (Å²) in [6.45, 7) is 2.28. The van der Waals surface area contributed by atoms with Crippen LogP contribution in [0.2, 0.25) is 0 Å². The van der Waals surface area contributed by atoms with Crippen LogP contribution in [0.1, 0.15) is 24.9 Å². The molecule has 1 amide bonds. The van der Waals surface area contributed by atoms with E-state index in [2.05, 4.69) is 10.3 Å². The molecule has 28 heavy (non-hydrogen) atoms. The Morgan fingerprint density at radius 1 is 1.18 bits per heavy atom. The van der Waals surface area contributed by atoms with Gasteiger partial charge >= 0.3 is 0 Å². The van der Waals surface area contributed by atoms with Crippen LogP contribution in [-0.4, -0.2) is 32.9 Å². The first kappa shape index (κ1) is 20.1. The Morgan fingerprint density at radius 3 is 2.64 bits per heavy atom. The van der Waals surface area contributed by atoms with Crippen molar-refractivity contribution in [2.75, 3.05) is 12.4 Å². The van der Waals surface area contributed by atoms with Crippen molar-refractivity contribution in [3.8, 4) is 0 Å². The minimum absolute atomic E-state index is 0.0154. The maximum atomic E-state index is 12.8. The Labute approximate surface area is 167 Å². The summed E-state index contributed by atoms with van der Waals surface area (Å²) in [5.74, 6) is 0.0265. The van der Waals surface area contributed by atoms with Gasteiger partial charge in [-0.2, -0.15) is 0 Å². The molecule has 6 nitrogen and oxygen atoms in total. The summed E-state index contributed by atoms with van der Waals surface area (Å²) in [5.41, 5.74) is 1.48. The minimum Gasteiger partial charge on any atom is -0.396 e.